The molecule has 4 nitrogen and oxygen atoms in total. The van der Waals surface area contributed by atoms with Gasteiger partial charge in [-0.1, -0.05) is 6.92 Å². The Morgan fingerprint density at radius 3 is 2.91 bits per heavy atom. The van der Waals surface area contributed by atoms with Gasteiger partial charge < -0.3 is 4.42 Å². The lowest BCUT2D eigenvalue weighted by Crippen LogP contribution is -2.25. The third-order valence-electron chi connectivity index (χ3n) is 4.69. The van der Waals surface area contributed by atoms with E-state index in [1.807, 2.05) is 11.3 Å². The Balaban J connectivity index is 1.47. The fraction of sp³-hybridized carbons (Fsp3) is 0.647. The van der Waals surface area contributed by atoms with Gasteiger partial charge in [-0.15, -0.1) is 21.5 Å². The van der Waals surface area contributed by atoms with Gasteiger partial charge in [0.25, 0.3) is 5.89 Å². The van der Waals surface area contributed by atoms with E-state index in [9.17, 15) is 0 Å². The van der Waals surface area contributed by atoms with Gasteiger partial charge in [0.1, 0.15) is 0 Å². The smallest absolute Gasteiger partial charge is 0.257 e. The summed E-state index contributed by atoms with van der Waals surface area (Å²) in [5.74, 6) is 2.35. The van der Waals surface area contributed by atoms with E-state index in [-0.39, 0.29) is 0 Å². The van der Waals surface area contributed by atoms with Crippen molar-refractivity contribution in [2.45, 2.75) is 52.0 Å². The van der Waals surface area contributed by atoms with Crippen LogP contribution in [0.4, 0.5) is 0 Å². The van der Waals surface area contributed by atoms with Crippen LogP contribution in [0.3, 0.4) is 0 Å². The zero-order valence-electron chi connectivity index (χ0n) is 13.2. The summed E-state index contributed by atoms with van der Waals surface area (Å²) in [4.78, 5) is 5.08. The third kappa shape index (κ3) is 3.10. The van der Waals surface area contributed by atoms with Crippen molar-refractivity contribution in [2.75, 3.05) is 13.1 Å². The van der Waals surface area contributed by atoms with Crippen LogP contribution < -0.4 is 0 Å². The molecule has 0 atom stereocenters. The molecule has 2 aromatic rings. The highest BCUT2D eigenvalue weighted by atomic mass is 32.1. The van der Waals surface area contributed by atoms with Gasteiger partial charge >= 0.3 is 0 Å². The maximum atomic E-state index is 5.93. The second-order valence-electron chi connectivity index (χ2n) is 6.54. The second-order valence-corrected chi connectivity index (χ2v) is 7.67. The minimum Gasteiger partial charge on any atom is -0.419 e. The molecule has 0 N–H and O–H groups in total. The predicted octanol–water partition coefficient (Wildman–Crippen LogP) is 3.91. The number of thiophene rings is 1. The van der Waals surface area contributed by atoms with Gasteiger partial charge in [0.2, 0.25) is 5.89 Å². The molecule has 0 radical (unpaired) electrons. The van der Waals surface area contributed by atoms with E-state index >= 15 is 0 Å². The molecular formula is C17H23N3OS. The number of hydrogen-bond donors (Lipinski definition) is 0. The first-order valence-electron chi connectivity index (χ1n) is 8.48. The van der Waals surface area contributed by atoms with Crippen molar-refractivity contribution >= 4 is 11.3 Å². The summed E-state index contributed by atoms with van der Waals surface area (Å²) in [6.45, 7) is 5.20. The largest absolute Gasteiger partial charge is 0.419 e. The average molecular weight is 317 g/mol. The molecule has 2 aliphatic carbocycles. The van der Waals surface area contributed by atoms with Crippen LogP contribution in [0, 0.1) is 5.92 Å². The van der Waals surface area contributed by atoms with Crippen molar-refractivity contribution in [3.63, 3.8) is 0 Å². The van der Waals surface area contributed by atoms with Gasteiger partial charge in [-0.3, -0.25) is 4.90 Å². The fourth-order valence-corrected chi connectivity index (χ4v) is 4.35. The van der Waals surface area contributed by atoms with Crippen LogP contribution in [0.5, 0.6) is 0 Å². The van der Waals surface area contributed by atoms with E-state index < -0.39 is 0 Å². The molecule has 1 saturated carbocycles. The lowest BCUT2D eigenvalue weighted by atomic mass is 9.99. The first-order chi connectivity index (χ1) is 10.8. The molecule has 0 saturated heterocycles. The summed E-state index contributed by atoms with van der Waals surface area (Å²) in [5.41, 5.74) is 1.50. The molecular weight excluding hydrogens is 294 g/mol. The normalized spacial score (nSPS) is 17.9. The summed E-state index contributed by atoms with van der Waals surface area (Å²) >= 11 is 1.84. The van der Waals surface area contributed by atoms with E-state index in [1.165, 1.54) is 55.5 Å². The van der Waals surface area contributed by atoms with E-state index in [4.69, 9.17) is 4.42 Å². The molecule has 22 heavy (non-hydrogen) atoms. The Kier molecular flexibility index (Phi) is 4.01. The second kappa shape index (κ2) is 6.13. The summed E-state index contributed by atoms with van der Waals surface area (Å²) in [7, 11) is 0. The first kappa shape index (κ1) is 14.4. The van der Waals surface area contributed by atoms with Crippen molar-refractivity contribution in [2.24, 2.45) is 5.92 Å². The zero-order valence-corrected chi connectivity index (χ0v) is 14.0. The average Bonchev–Trinajstić information content (AvgIpc) is 3.07. The van der Waals surface area contributed by atoms with Crippen molar-refractivity contribution < 1.29 is 4.42 Å². The molecule has 0 aliphatic heterocycles. The summed E-state index contributed by atoms with van der Waals surface area (Å²) < 4.78 is 5.93. The molecule has 2 aromatic heterocycles. The standard InChI is InChI=1S/C17H23N3OS/c1-2-20(10-12-7-8-12)11-16-18-19-17(21-16)15-9-13-5-3-4-6-14(13)22-15/h9,12H,2-8,10-11H2,1H3. The Labute approximate surface area is 135 Å². The lowest BCUT2D eigenvalue weighted by molar-refractivity contribution is 0.242. The maximum absolute atomic E-state index is 5.93. The number of aromatic nitrogens is 2. The quantitative estimate of drug-likeness (QED) is 0.810. The van der Waals surface area contributed by atoms with Crippen LogP contribution >= 0.6 is 11.3 Å². The van der Waals surface area contributed by atoms with Gasteiger partial charge in [-0.2, -0.15) is 0 Å². The van der Waals surface area contributed by atoms with Crippen LogP contribution in [-0.2, 0) is 19.4 Å². The van der Waals surface area contributed by atoms with E-state index in [0.29, 0.717) is 5.89 Å². The van der Waals surface area contributed by atoms with E-state index in [2.05, 4.69) is 28.1 Å². The fourth-order valence-electron chi connectivity index (χ4n) is 3.18. The number of nitrogens with zero attached hydrogens (tertiary/aromatic N) is 3. The van der Waals surface area contributed by atoms with Gasteiger partial charge in [0.05, 0.1) is 11.4 Å². The molecule has 2 aliphatic rings. The molecule has 0 amide bonds. The van der Waals surface area contributed by atoms with E-state index in [0.717, 1.165) is 29.8 Å². The molecule has 1 fully saturated rings. The SMILES string of the molecule is CCN(Cc1nnc(-c2cc3c(s2)CCCC3)o1)CC1CC1. The molecule has 2 heterocycles. The third-order valence-corrected chi connectivity index (χ3v) is 5.92. The van der Waals surface area contributed by atoms with Crippen molar-refractivity contribution in [1.82, 2.24) is 15.1 Å². The highest BCUT2D eigenvalue weighted by molar-refractivity contribution is 7.15. The molecule has 0 bridgehead atoms. The summed E-state index contributed by atoms with van der Waals surface area (Å²) in [6, 6.07) is 2.26. The molecule has 4 rings (SSSR count). The lowest BCUT2D eigenvalue weighted by Gasteiger charge is -2.17. The predicted molar refractivity (Wildman–Crippen MR) is 87.9 cm³/mol. The van der Waals surface area contributed by atoms with Crippen LogP contribution in [0.2, 0.25) is 0 Å². The zero-order chi connectivity index (χ0) is 14.9. The summed E-state index contributed by atoms with van der Waals surface area (Å²) in [6.07, 6.45) is 7.81. The number of fused-ring (bicyclic) bond motifs is 1. The minimum atomic E-state index is 0.705. The maximum Gasteiger partial charge on any atom is 0.257 e. The van der Waals surface area contributed by atoms with Gasteiger partial charge in [-0.05, 0) is 62.6 Å². The number of aryl methyl sites for hydroxylation is 2. The topological polar surface area (TPSA) is 42.2 Å². The molecule has 0 aromatic carbocycles. The van der Waals surface area contributed by atoms with Crippen molar-refractivity contribution in [1.29, 1.82) is 0 Å². The van der Waals surface area contributed by atoms with E-state index in [1.54, 1.807) is 0 Å². The summed E-state index contributed by atoms with van der Waals surface area (Å²) in [5, 5.41) is 8.54. The Morgan fingerprint density at radius 1 is 1.27 bits per heavy atom. The van der Waals surface area contributed by atoms with Crippen molar-refractivity contribution in [3.05, 3.63) is 22.4 Å². The minimum absolute atomic E-state index is 0.705. The highest BCUT2D eigenvalue weighted by Gasteiger charge is 2.25. The van der Waals surface area contributed by atoms with Crippen molar-refractivity contribution in [3.8, 4) is 10.8 Å². The molecule has 0 unspecified atom stereocenters. The Morgan fingerprint density at radius 2 is 2.14 bits per heavy atom. The first-order valence-corrected chi connectivity index (χ1v) is 9.30. The number of hydrogen-bond acceptors (Lipinski definition) is 5. The van der Waals surface area contributed by atoms with Gasteiger partial charge in [0, 0.05) is 11.4 Å². The van der Waals surface area contributed by atoms with Crippen LogP contribution in [-0.4, -0.2) is 28.2 Å². The molecule has 118 valence electrons. The monoisotopic (exact) mass is 317 g/mol. The molecule has 5 heteroatoms. The Bertz CT molecular complexity index is 621. The van der Waals surface area contributed by atoms with Gasteiger partial charge in [0.15, 0.2) is 0 Å². The van der Waals surface area contributed by atoms with Crippen LogP contribution in [0.15, 0.2) is 10.5 Å². The van der Waals surface area contributed by atoms with Crippen LogP contribution in [0.1, 0.15) is 48.9 Å². The van der Waals surface area contributed by atoms with Crippen LogP contribution in [0.25, 0.3) is 10.8 Å². The number of rotatable bonds is 6. The molecule has 0 spiro atoms. The Hall–Kier alpha value is -1.20. The van der Waals surface area contributed by atoms with Gasteiger partial charge in [-0.25, -0.2) is 0 Å². The highest BCUT2D eigenvalue weighted by Crippen LogP contribution is 2.35.